The third-order valence-electron chi connectivity index (χ3n) is 2.23. The zero-order chi connectivity index (χ0) is 10.1. The number of nitrogens with one attached hydrogen (secondary N) is 1. The molecule has 0 aliphatic heterocycles. The molecule has 1 saturated carbocycles. The van der Waals surface area contributed by atoms with E-state index in [-0.39, 0.29) is 11.3 Å². The highest BCUT2D eigenvalue weighted by Crippen LogP contribution is 2.21. The molecular formula is C10H20N2O. The van der Waals surface area contributed by atoms with Gasteiger partial charge in [0.1, 0.15) is 0 Å². The van der Waals surface area contributed by atoms with Crippen molar-refractivity contribution in [2.75, 3.05) is 0 Å². The van der Waals surface area contributed by atoms with Gasteiger partial charge in [-0.05, 0) is 18.3 Å². The fourth-order valence-corrected chi connectivity index (χ4v) is 1.54. The monoisotopic (exact) mass is 184 g/mol. The first-order chi connectivity index (χ1) is 5.87. The Labute approximate surface area is 80.1 Å². The maximum absolute atomic E-state index is 11.4. The minimum atomic E-state index is 0.0793. The Hall–Kier alpha value is -0.570. The maximum Gasteiger partial charge on any atom is 0.220 e. The van der Waals surface area contributed by atoms with Crippen molar-refractivity contribution in [3.05, 3.63) is 0 Å². The van der Waals surface area contributed by atoms with E-state index >= 15 is 0 Å². The summed E-state index contributed by atoms with van der Waals surface area (Å²) in [4.78, 5) is 11.4. The molecule has 0 bridgehead atoms. The molecule has 1 amide bonds. The second-order valence-electron chi connectivity index (χ2n) is 5.23. The molecular weight excluding hydrogens is 164 g/mol. The van der Waals surface area contributed by atoms with Crippen LogP contribution in [0.2, 0.25) is 0 Å². The summed E-state index contributed by atoms with van der Waals surface area (Å²) in [6.45, 7) is 6.21. The van der Waals surface area contributed by atoms with Crippen LogP contribution in [0.4, 0.5) is 0 Å². The van der Waals surface area contributed by atoms with Gasteiger partial charge in [0.15, 0.2) is 0 Å². The fraction of sp³-hybridized carbons (Fsp3) is 0.900. The number of hydrogen-bond donors (Lipinski definition) is 2. The number of nitrogens with two attached hydrogens (primary N) is 1. The summed E-state index contributed by atoms with van der Waals surface area (Å²) in [5.74, 6) is 0.157. The van der Waals surface area contributed by atoms with Crippen LogP contribution in [0.25, 0.3) is 0 Å². The van der Waals surface area contributed by atoms with Gasteiger partial charge in [-0.1, -0.05) is 20.8 Å². The van der Waals surface area contributed by atoms with Crippen LogP contribution in [-0.2, 0) is 4.79 Å². The molecule has 0 aromatic carbocycles. The Morgan fingerprint density at radius 2 is 2.00 bits per heavy atom. The molecule has 1 aliphatic carbocycles. The van der Waals surface area contributed by atoms with E-state index in [9.17, 15) is 4.79 Å². The molecule has 1 fully saturated rings. The summed E-state index contributed by atoms with van der Waals surface area (Å²) >= 11 is 0. The van der Waals surface area contributed by atoms with Crippen LogP contribution in [0.15, 0.2) is 0 Å². The summed E-state index contributed by atoms with van der Waals surface area (Å²) in [6, 6.07) is 0.643. The van der Waals surface area contributed by atoms with Crippen molar-refractivity contribution in [3.8, 4) is 0 Å². The van der Waals surface area contributed by atoms with Gasteiger partial charge < -0.3 is 11.1 Å². The molecule has 3 nitrogen and oxygen atoms in total. The number of carbonyl (C=O) groups is 1. The lowest BCUT2D eigenvalue weighted by Gasteiger charge is -2.33. The Balaban J connectivity index is 2.19. The molecule has 3 heteroatoms. The molecule has 1 aliphatic rings. The predicted molar refractivity (Wildman–Crippen MR) is 53.2 cm³/mol. The highest BCUT2D eigenvalue weighted by Gasteiger charge is 2.28. The number of hydrogen-bond acceptors (Lipinski definition) is 2. The van der Waals surface area contributed by atoms with E-state index in [0.29, 0.717) is 18.5 Å². The zero-order valence-electron chi connectivity index (χ0n) is 8.76. The van der Waals surface area contributed by atoms with Crippen LogP contribution >= 0.6 is 0 Å². The lowest BCUT2D eigenvalue weighted by atomic mass is 9.86. The molecule has 0 atom stereocenters. The Kier molecular flexibility index (Phi) is 2.96. The van der Waals surface area contributed by atoms with Crippen molar-refractivity contribution in [1.82, 2.24) is 5.32 Å². The van der Waals surface area contributed by atoms with E-state index in [1.807, 2.05) is 0 Å². The van der Waals surface area contributed by atoms with E-state index in [2.05, 4.69) is 26.1 Å². The van der Waals surface area contributed by atoms with Gasteiger partial charge in [0.05, 0.1) is 0 Å². The lowest BCUT2D eigenvalue weighted by Crippen LogP contribution is -2.50. The molecule has 0 heterocycles. The first-order valence-electron chi connectivity index (χ1n) is 4.92. The smallest absolute Gasteiger partial charge is 0.220 e. The Bertz CT molecular complexity index is 190. The van der Waals surface area contributed by atoms with E-state index in [4.69, 9.17) is 5.73 Å². The number of rotatable bonds is 2. The Morgan fingerprint density at radius 1 is 1.46 bits per heavy atom. The van der Waals surface area contributed by atoms with E-state index in [1.165, 1.54) is 0 Å². The number of carbonyl (C=O) groups excluding carboxylic acids is 1. The van der Waals surface area contributed by atoms with Crippen molar-refractivity contribution in [3.63, 3.8) is 0 Å². The minimum Gasteiger partial charge on any atom is -0.353 e. The van der Waals surface area contributed by atoms with Crippen molar-refractivity contribution in [1.29, 1.82) is 0 Å². The summed E-state index contributed by atoms with van der Waals surface area (Å²) in [5.41, 5.74) is 5.70. The average molecular weight is 184 g/mol. The number of amides is 1. The fourth-order valence-electron chi connectivity index (χ4n) is 1.54. The largest absolute Gasteiger partial charge is 0.353 e. The standard InChI is InChI=1S/C10H20N2O/c1-10(2,3)6-9(13)12-8-4-7(11)5-8/h7-8H,4-6,11H2,1-3H3,(H,12,13). The molecule has 3 N–H and O–H groups in total. The zero-order valence-corrected chi connectivity index (χ0v) is 8.76. The van der Waals surface area contributed by atoms with Gasteiger partial charge in [-0.3, -0.25) is 4.79 Å². The first kappa shape index (κ1) is 10.5. The van der Waals surface area contributed by atoms with Gasteiger partial charge in [0.25, 0.3) is 0 Å². The maximum atomic E-state index is 11.4. The van der Waals surface area contributed by atoms with Crippen molar-refractivity contribution in [2.24, 2.45) is 11.1 Å². The van der Waals surface area contributed by atoms with Gasteiger partial charge >= 0.3 is 0 Å². The van der Waals surface area contributed by atoms with Crippen LogP contribution < -0.4 is 11.1 Å². The lowest BCUT2D eigenvalue weighted by molar-refractivity contribution is -0.124. The van der Waals surface area contributed by atoms with Crippen LogP contribution in [0.5, 0.6) is 0 Å². The van der Waals surface area contributed by atoms with E-state index in [0.717, 1.165) is 12.8 Å². The van der Waals surface area contributed by atoms with Crippen LogP contribution in [-0.4, -0.2) is 18.0 Å². The predicted octanol–water partition coefficient (Wildman–Crippen LogP) is 1.03. The summed E-state index contributed by atoms with van der Waals surface area (Å²) in [5, 5.41) is 2.98. The molecule has 0 radical (unpaired) electrons. The minimum absolute atomic E-state index is 0.0793. The van der Waals surface area contributed by atoms with Crippen molar-refractivity contribution < 1.29 is 4.79 Å². The van der Waals surface area contributed by atoms with E-state index < -0.39 is 0 Å². The van der Waals surface area contributed by atoms with Crippen LogP contribution in [0.1, 0.15) is 40.0 Å². The molecule has 0 aromatic heterocycles. The Morgan fingerprint density at radius 3 is 2.38 bits per heavy atom. The van der Waals surface area contributed by atoms with Crippen molar-refractivity contribution >= 4 is 5.91 Å². The SMILES string of the molecule is CC(C)(C)CC(=O)NC1CC(N)C1. The highest BCUT2D eigenvalue weighted by atomic mass is 16.1. The van der Waals surface area contributed by atoms with Gasteiger partial charge in [0.2, 0.25) is 5.91 Å². The molecule has 0 unspecified atom stereocenters. The first-order valence-corrected chi connectivity index (χ1v) is 4.92. The average Bonchev–Trinajstić information content (AvgIpc) is 1.79. The summed E-state index contributed by atoms with van der Waals surface area (Å²) in [6.07, 6.45) is 2.48. The topological polar surface area (TPSA) is 55.1 Å². The van der Waals surface area contributed by atoms with Crippen molar-refractivity contribution in [2.45, 2.75) is 52.1 Å². The molecule has 13 heavy (non-hydrogen) atoms. The molecule has 0 aromatic rings. The molecule has 76 valence electrons. The van der Waals surface area contributed by atoms with Crippen LogP contribution in [0, 0.1) is 5.41 Å². The summed E-state index contributed by atoms with van der Waals surface area (Å²) in [7, 11) is 0. The third-order valence-corrected chi connectivity index (χ3v) is 2.23. The van der Waals surface area contributed by atoms with Crippen LogP contribution in [0.3, 0.4) is 0 Å². The quantitative estimate of drug-likeness (QED) is 0.673. The normalized spacial score (nSPS) is 28.0. The molecule has 1 rings (SSSR count). The van der Waals surface area contributed by atoms with Gasteiger partial charge in [-0.2, -0.15) is 0 Å². The second-order valence-corrected chi connectivity index (χ2v) is 5.23. The van der Waals surface area contributed by atoms with E-state index in [1.54, 1.807) is 0 Å². The van der Waals surface area contributed by atoms with Gasteiger partial charge in [0, 0.05) is 18.5 Å². The third kappa shape index (κ3) is 3.77. The molecule has 0 saturated heterocycles. The summed E-state index contributed by atoms with van der Waals surface area (Å²) < 4.78 is 0. The second kappa shape index (κ2) is 3.66. The highest BCUT2D eigenvalue weighted by molar-refractivity contribution is 5.77. The molecule has 0 spiro atoms. The van der Waals surface area contributed by atoms with Gasteiger partial charge in [-0.15, -0.1) is 0 Å². The van der Waals surface area contributed by atoms with Gasteiger partial charge in [-0.25, -0.2) is 0 Å².